The summed E-state index contributed by atoms with van der Waals surface area (Å²) in [7, 11) is 2.05. The first-order chi connectivity index (χ1) is 13.9. The summed E-state index contributed by atoms with van der Waals surface area (Å²) in [6.07, 6.45) is 3.12. The molecule has 4 N–H and O–H groups in total. The predicted octanol–water partition coefficient (Wildman–Crippen LogP) is 2.93. The molecule has 0 saturated heterocycles. The molecule has 1 aliphatic carbocycles. The van der Waals surface area contributed by atoms with Crippen molar-refractivity contribution >= 4 is 16.9 Å². The molecule has 2 aromatic heterocycles. The summed E-state index contributed by atoms with van der Waals surface area (Å²) in [5.41, 5.74) is 3.91. The molecule has 0 spiro atoms. The number of nitrogens with zero attached hydrogens (tertiary/aromatic N) is 1. The second-order valence-electron chi connectivity index (χ2n) is 7.59. The molecule has 0 atom stereocenters. The molecule has 29 heavy (non-hydrogen) atoms. The molecular weight excluding hydrogens is 370 g/mol. The third-order valence-corrected chi connectivity index (χ3v) is 5.82. The van der Waals surface area contributed by atoms with Crippen LogP contribution in [0, 0.1) is 0 Å². The summed E-state index contributed by atoms with van der Waals surface area (Å²) in [6, 6.07) is 6.32. The Morgan fingerprint density at radius 1 is 1.24 bits per heavy atom. The number of benzene rings is 1. The highest BCUT2D eigenvalue weighted by molar-refractivity contribution is 5.93. The molecule has 4 rings (SSSR count). The molecule has 1 aromatic carbocycles. The number of hydrogen-bond donors (Lipinski definition) is 4. The van der Waals surface area contributed by atoms with Crippen molar-refractivity contribution in [2.45, 2.75) is 39.2 Å². The lowest BCUT2D eigenvalue weighted by Crippen LogP contribution is -2.21. The van der Waals surface area contributed by atoms with Crippen molar-refractivity contribution < 1.29 is 15.0 Å². The van der Waals surface area contributed by atoms with Crippen molar-refractivity contribution in [1.82, 2.24) is 14.9 Å². The van der Waals surface area contributed by atoms with Gasteiger partial charge in [-0.05, 0) is 56.0 Å². The topological polar surface area (TPSA) is 107 Å². The standard InChI is InChI=1S/C22H25N3O4/c1-3-23-11-14-8-13-9-16-12(10-17(13)25(14)2)6-4-5-7-15-19(16)24-21(27)18(20(15)26)22(28)29/h8-10,23H,3-7,11H2,1-2H3,(H,28,29)(H2,24,26,27). The van der Waals surface area contributed by atoms with E-state index >= 15 is 0 Å². The van der Waals surface area contributed by atoms with Gasteiger partial charge in [-0.25, -0.2) is 4.79 Å². The molecule has 0 unspecified atom stereocenters. The van der Waals surface area contributed by atoms with Crippen LogP contribution >= 0.6 is 0 Å². The maximum absolute atomic E-state index is 12.4. The third-order valence-electron chi connectivity index (χ3n) is 5.82. The Balaban J connectivity index is 1.97. The number of carboxylic acid groups (broad SMARTS) is 1. The molecule has 7 heteroatoms. The molecule has 3 aromatic rings. The lowest BCUT2D eigenvalue weighted by Gasteiger charge is -2.19. The Morgan fingerprint density at radius 3 is 2.72 bits per heavy atom. The Morgan fingerprint density at radius 2 is 2.00 bits per heavy atom. The maximum atomic E-state index is 12.4. The van der Waals surface area contributed by atoms with Crippen molar-refractivity contribution in [3.63, 3.8) is 0 Å². The van der Waals surface area contributed by atoms with Crippen molar-refractivity contribution in [2.24, 2.45) is 7.05 Å². The predicted molar refractivity (Wildman–Crippen MR) is 112 cm³/mol. The summed E-state index contributed by atoms with van der Waals surface area (Å²) in [6.45, 7) is 3.72. The van der Waals surface area contributed by atoms with Crippen molar-refractivity contribution in [2.75, 3.05) is 6.54 Å². The zero-order chi connectivity index (χ0) is 20.7. The normalized spacial score (nSPS) is 13.6. The first-order valence-corrected chi connectivity index (χ1v) is 9.96. The monoisotopic (exact) mass is 395 g/mol. The van der Waals surface area contributed by atoms with E-state index in [2.05, 4.69) is 33.9 Å². The van der Waals surface area contributed by atoms with E-state index in [1.54, 1.807) is 0 Å². The van der Waals surface area contributed by atoms with Gasteiger partial charge in [-0.1, -0.05) is 6.92 Å². The lowest BCUT2D eigenvalue weighted by atomic mass is 9.89. The number of aromatic amines is 1. The molecule has 1 aliphatic rings. The van der Waals surface area contributed by atoms with Gasteiger partial charge in [0.1, 0.15) is 5.75 Å². The number of pyridine rings is 1. The number of H-pyrrole nitrogens is 1. The first kappa shape index (κ1) is 19.3. The Bertz CT molecular complexity index is 1170. The van der Waals surface area contributed by atoms with Crippen LogP contribution in [0.25, 0.3) is 22.2 Å². The average molecular weight is 395 g/mol. The van der Waals surface area contributed by atoms with Crippen molar-refractivity contribution in [3.05, 3.63) is 50.9 Å². The molecule has 152 valence electrons. The van der Waals surface area contributed by atoms with Gasteiger partial charge in [0.05, 0.1) is 5.69 Å². The fourth-order valence-electron chi connectivity index (χ4n) is 4.26. The number of carbonyl (C=O) groups is 1. The number of fused-ring (bicyclic) bond motifs is 4. The van der Waals surface area contributed by atoms with E-state index < -0.39 is 22.8 Å². The van der Waals surface area contributed by atoms with E-state index in [4.69, 9.17) is 0 Å². The highest BCUT2D eigenvalue weighted by Gasteiger charge is 2.25. The lowest BCUT2D eigenvalue weighted by molar-refractivity contribution is 0.0691. The zero-order valence-electron chi connectivity index (χ0n) is 16.6. The number of aromatic carboxylic acids is 1. The van der Waals surface area contributed by atoms with Gasteiger partial charge in [0, 0.05) is 41.3 Å². The Labute approximate surface area is 168 Å². The van der Waals surface area contributed by atoms with E-state index in [-0.39, 0.29) is 0 Å². The molecule has 0 fully saturated rings. The molecule has 2 heterocycles. The van der Waals surface area contributed by atoms with Crippen LogP contribution in [0.2, 0.25) is 0 Å². The number of aromatic hydroxyl groups is 1. The van der Waals surface area contributed by atoms with E-state index in [1.807, 2.05) is 13.1 Å². The van der Waals surface area contributed by atoms with Gasteiger partial charge in [-0.2, -0.15) is 0 Å². The zero-order valence-corrected chi connectivity index (χ0v) is 16.6. The van der Waals surface area contributed by atoms with E-state index in [1.165, 1.54) is 0 Å². The van der Waals surface area contributed by atoms with E-state index in [9.17, 15) is 19.8 Å². The quantitative estimate of drug-likeness (QED) is 0.543. The van der Waals surface area contributed by atoms with Crippen LogP contribution in [-0.2, 0) is 26.4 Å². The van der Waals surface area contributed by atoms with Crippen LogP contribution < -0.4 is 10.9 Å². The van der Waals surface area contributed by atoms with Gasteiger partial charge in [-0.15, -0.1) is 0 Å². The highest BCUT2D eigenvalue weighted by Crippen LogP contribution is 2.37. The van der Waals surface area contributed by atoms with Gasteiger partial charge in [-0.3, -0.25) is 4.79 Å². The van der Waals surface area contributed by atoms with Crippen LogP contribution in [0.5, 0.6) is 5.75 Å². The molecule has 0 saturated carbocycles. The second-order valence-corrected chi connectivity index (χ2v) is 7.59. The van der Waals surface area contributed by atoms with Crippen molar-refractivity contribution in [3.8, 4) is 17.0 Å². The Hall–Kier alpha value is -3.06. The number of nitrogens with one attached hydrogen (secondary N) is 2. The van der Waals surface area contributed by atoms with Gasteiger partial charge in [0.15, 0.2) is 5.56 Å². The van der Waals surface area contributed by atoms with Gasteiger partial charge < -0.3 is 25.1 Å². The number of aromatic nitrogens is 2. The minimum absolute atomic E-state index is 0.412. The number of carboxylic acids is 1. The van der Waals surface area contributed by atoms with Crippen LogP contribution in [0.4, 0.5) is 0 Å². The van der Waals surface area contributed by atoms with Crippen LogP contribution in [0.15, 0.2) is 23.0 Å². The largest absolute Gasteiger partial charge is 0.506 e. The van der Waals surface area contributed by atoms with Gasteiger partial charge >= 0.3 is 5.97 Å². The van der Waals surface area contributed by atoms with E-state index in [0.717, 1.165) is 60.1 Å². The average Bonchev–Trinajstić information content (AvgIpc) is 2.97. The second kappa shape index (κ2) is 7.40. The fraction of sp³-hybridized carbons (Fsp3) is 0.364. The van der Waals surface area contributed by atoms with Crippen LogP contribution in [0.3, 0.4) is 0 Å². The summed E-state index contributed by atoms with van der Waals surface area (Å²) in [5, 5.41) is 24.3. The third kappa shape index (κ3) is 3.21. The van der Waals surface area contributed by atoms with Gasteiger partial charge in [0.2, 0.25) is 0 Å². The Kier molecular flexibility index (Phi) is 4.92. The number of aryl methyl sites for hydroxylation is 2. The summed E-state index contributed by atoms with van der Waals surface area (Å²) in [4.78, 5) is 26.6. The molecule has 0 amide bonds. The molecule has 0 radical (unpaired) electrons. The maximum Gasteiger partial charge on any atom is 0.345 e. The first-order valence-electron chi connectivity index (χ1n) is 9.96. The summed E-state index contributed by atoms with van der Waals surface area (Å²) < 4.78 is 2.17. The summed E-state index contributed by atoms with van der Waals surface area (Å²) in [5.74, 6) is -1.83. The van der Waals surface area contributed by atoms with Crippen molar-refractivity contribution in [1.29, 1.82) is 0 Å². The molecule has 7 nitrogen and oxygen atoms in total. The fourth-order valence-corrected chi connectivity index (χ4v) is 4.26. The van der Waals surface area contributed by atoms with Crippen LogP contribution in [0.1, 0.15) is 46.9 Å². The SMILES string of the molecule is CCNCc1cc2cc3c(cc2n1C)CCCCc1c-3[nH]c(=O)c(C(=O)O)c1O. The number of hydrogen-bond acceptors (Lipinski definition) is 4. The molecule has 0 bridgehead atoms. The minimum atomic E-state index is -1.42. The minimum Gasteiger partial charge on any atom is -0.506 e. The smallest absolute Gasteiger partial charge is 0.345 e. The van der Waals surface area contributed by atoms with E-state index in [0.29, 0.717) is 17.7 Å². The number of rotatable bonds is 4. The van der Waals surface area contributed by atoms with Crippen LogP contribution in [-0.4, -0.2) is 32.3 Å². The molecular formula is C22H25N3O4. The molecule has 0 aliphatic heterocycles. The van der Waals surface area contributed by atoms with Gasteiger partial charge in [0.25, 0.3) is 5.56 Å². The highest BCUT2D eigenvalue weighted by atomic mass is 16.4. The summed E-state index contributed by atoms with van der Waals surface area (Å²) >= 11 is 0.